The lowest BCUT2D eigenvalue weighted by molar-refractivity contribution is 0.206. The van der Waals surface area contributed by atoms with E-state index in [1.54, 1.807) is 6.20 Å². The van der Waals surface area contributed by atoms with E-state index >= 15 is 0 Å². The Morgan fingerprint density at radius 2 is 2.33 bits per heavy atom. The topological polar surface area (TPSA) is 84.2 Å². The van der Waals surface area contributed by atoms with Gasteiger partial charge in [-0.25, -0.2) is 0 Å². The molecular weight excluding hydrogens is 230 g/mol. The lowest BCUT2D eigenvalue weighted by Gasteiger charge is -2.11. The molecule has 5 nitrogen and oxygen atoms in total. The van der Waals surface area contributed by atoms with Crippen LogP contribution in [0.4, 0.5) is 0 Å². The average molecular weight is 247 g/mol. The summed E-state index contributed by atoms with van der Waals surface area (Å²) in [6, 6.07) is 7.35. The highest BCUT2D eigenvalue weighted by atomic mass is 16.5. The highest BCUT2D eigenvalue weighted by molar-refractivity contribution is 5.66. The number of aliphatic hydroxyl groups excluding tert-OH is 1. The highest BCUT2D eigenvalue weighted by Gasteiger charge is 2.06. The van der Waals surface area contributed by atoms with Crippen molar-refractivity contribution in [2.45, 2.75) is 13.0 Å². The molecule has 0 aliphatic carbocycles. The molecule has 0 fully saturated rings. The van der Waals surface area contributed by atoms with E-state index in [9.17, 15) is 0 Å². The maximum atomic E-state index is 8.84. The lowest BCUT2D eigenvalue weighted by atomic mass is 10.1. The van der Waals surface area contributed by atoms with Gasteiger partial charge in [0, 0.05) is 11.3 Å². The van der Waals surface area contributed by atoms with Crippen molar-refractivity contribution in [1.29, 1.82) is 0 Å². The molecule has 2 rings (SSSR count). The second kappa shape index (κ2) is 5.66. The van der Waals surface area contributed by atoms with Crippen molar-refractivity contribution in [3.8, 4) is 16.9 Å². The molecule has 0 amide bonds. The normalized spacial score (nSPS) is 12.4. The zero-order valence-electron chi connectivity index (χ0n) is 10.3. The van der Waals surface area contributed by atoms with Gasteiger partial charge in [0.05, 0.1) is 18.8 Å². The van der Waals surface area contributed by atoms with Crippen LogP contribution in [0.15, 0.2) is 30.5 Å². The third kappa shape index (κ3) is 2.88. The molecule has 0 aliphatic rings. The highest BCUT2D eigenvalue weighted by Crippen LogP contribution is 2.25. The van der Waals surface area contributed by atoms with Crippen molar-refractivity contribution in [2.75, 3.05) is 13.2 Å². The largest absolute Gasteiger partial charge is 0.492 e. The smallest absolute Gasteiger partial charge is 0.120 e. The monoisotopic (exact) mass is 247 g/mol. The van der Waals surface area contributed by atoms with Crippen LogP contribution in [0.3, 0.4) is 0 Å². The maximum absolute atomic E-state index is 8.84. The summed E-state index contributed by atoms with van der Waals surface area (Å²) in [4.78, 5) is 0. The van der Waals surface area contributed by atoms with E-state index in [1.807, 2.05) is 31.2 Å². The van der Waals surface area contributed by atoms with Crippen molar-refractivity contribution in [2.24, 2.45) is 5.73 Å². The Kier molecular flexibility index (Phi) is 3.96. The quantitative estimate of drug-likeness (QED) is 0.738. The fourth-order valence-corrected chi connectivity index (χ4v) is 1.65. The Morgan fingerprint density at radius 1 is 1.50 bits per heavy atom. The van der Waals surface area contributed by atoms with Gasteiger partial charge in [0.15, 0.2) is 0 Å². The molecular formula is C13H17N3O2. The molecule has 1 heterocycles. The summed E-state index contributed by atoms with van der Waals surface area (Å²) in [6.45, 7) is 2.18. The van der Waals surface area contributed by atoms with Crippen LogP contribution in [0.1, 0.15) is 5.69 Å². The molecule has 0 radical (unpaired) electrons. The molecule has 0 saturated heterocycles. The van der Waals surface area contributed by atoms with Crippen molar-refractivity contribution in [1.82, 2.24) is 10.2 Å². The van der Waals surface area contributed by atoms with Gasteiger partial charge in [-0.1, -0.05) is 12.1 Å². The number of aromatic amines is 1. The van der Waals surface area contributed by atoms with Crippen LogP contribution < -0.4 is 10.5 Å². The van der Waals surface area contributed by atoms with Crippen molar-refractivity contribution in [3.63, 3.8) is 0 Å². The molecule has 18 heavy (non-hydrogen) atoms. The Morgan fingerprint density at radius 3 is 3.00 bits per heavy atom. The fourth-order valence-electron chi connectivity index (χ4n) is 1.65. The molecule has 0 aliphatic heterocycles. The van der Waals surface area contributed by atoms with Gasteiger partial charge in [-0.05, 0) is 24.6 Å². The van der Waals surface area contributed by atoms with Gasteiger partial charge in [0.2, 0.25) is 0 Å². The van der Waals surface area contributed by atoms with E-state index in [2.05, 4.69) is 10.2 Å². The predicted octanol–water partition coefficient (Wildman–Crippen LogP) is 1.08. The Labute approximate surface area is 106 Å². The molecule has 1 aromatic carbocycles. The summed E-state index contributed by atoms with van der Waals surface area (Å²) in [5.41, 5.74) is 8.69. The fraction of sp³-hybridized carbons (Fsp3) is 0.308. The standard InChI is InChI=1S/C13H17N3O2/c1-9-13(6-15-16-9)10-3-2-4-12(5-10)18-8-11(14)7-17/h2-6,11,17H,7-8,14H2,1H3,(H,15,16). The number of hydrogen-bond acceptors (Lipinski definition) is 4. The van der Waals surface area contributed by atoms with E-state index in [-0.39, 0.29) is 12.6 Å². The number of benzene rings is 1. The number of nitrogens with two attached hydrogens (primary N) is 1. The number of aromatic nitrogens is 2. The minimum absolute atomic E-state index is 0.0828. The number of nitrogens with one attached hydrogen (secondary N) is 1. The number of H-pyrrole nitrogens is 1. The minimum atomic E-state index is -0.357. The van der Waals surface area contributed by atoms with Crippen molar-refractivity contribution >= 4 is 0 Å². The summed E-state index contributed by atoms with van der Waals surface area (Å²) in [7, 11) is 0. The van der Waals surface area contributed by atoms with Crippen molar-refractivity contribution < 1.29 is 9.84 Å². The zero-order chi connectivity index (χ0) is 13.0. The first-order valence-corrected chi connectivity index (χ1v) is 5.80. The molecule has 4 N–H and O–H groups in total. The van der Waals surface area contributed by atoms with Crippen LogP contribution in [0.25, 0.3) is 11.1 Å². The summed E-state index contributed by atoms with van der Waals surface area (Å²) < 4.78 is 5.52. The Hall–Kier alpha value is -1.85. The van der Waals surface area contributed by atoms with E-state index < -0.39 is 0 Å². The molecule has 1 unspecified atom stereocenters. The van der Waals surface area contributed by atoms with E-state index in [0.29, 0.717) is 6.61 Å². The maximum Gasteiger partial charge on any atom is 0.120 e. The van der Waals surface area contributed by atoms with Gasteiger partial charge in [0.25, 0.3) is 0 Å². The molecule has 96 valence electrons. The van der Waals surface area contributed by atoms with Crippen LogP contribution >= 0.6 is 0 Å². The second-order valence-electron chi connectivity index (χ2n) is 4.19. The van der Waals surface area contributed by atoms with Gasteiger partial charge in [-0.2, -0.15) is 5.10 Å². The first-order chi connectivity index (χ1) is 8.70. The summed E-state index contributed by atoms with van der Waals surface area (Å²) in [5.74, 6) is 0.733. The van der Waals surface area contributed by atoms with E-state index in [4.69, 9.17) is 15.6 Å². The van der Waals surface area contributed by atoms with Crippen LogP contribution in [0.5, 0.6) is 5.75 Å². The van der Waals surface area contributed by atoms with Gasteiger partial charge < -0.3 is 15.6 Å². The van der Waals surface area contributed by atoms with E-state index in [1.165, 1.54) is 0 Å². The van der Waals surface area contributed by atoms with Crippen LogP contribution in [-0.4, -0.2) is 34.6 Å². The SMILES string of the molecule is Cc1[nH]ncc1-c1cccc(OCC(N)CO)c1. The lowest BCUT2D eigenvalue weighted by Crippen LogP contribution is -2.31. The number of aliphatic hydroxyl groups is 1. The van der Waals surface area contributed by atoms with E-state index in [0.717, 1.165) is 22.6 Å². The Bertz CT molecular complexity index is 510. The molecule has 0 spiro atoms. The summed E-state index contributed by atoms with van der Waals surface area (Å²) >= 11 is 0. The third-order valence-electron chi connectivity index (χ3n) is 2.67. The van der Waals surface area contributed by atoms with Gasteiger partial charge in [0.1, 0.15) is 12.4 Å². The van der Waals surface area contributed by atoms with Crippen LogP contribution in [0.2, 0.25) is 0 Å². The number of ether oxygens (including phenoxy) is 1. The Balaban J connectivity index is 2.13. The average Bonchev–Trinajstić information content (AvgIpc) is 2.82. The molecule has 1 aromatic heterocycles. The molecule has 2 aromatic rings. The third-order valence-corrected chi connectivity index (χ3v) is 2.67. The number of nitrogens with zero attached hydrogens (tertiary/aromatic N) is 1. The predicted molar refractivity (Wildman–Crippen MR) is 69.3 cm³/mol. The first kappa shape index (κ1) is 12.6. The first-order valence-electron chi connectivity index (χ1n) is 5.80. The van der Waals surface area contributed by atoms with Crippen molar-refractivity contribution in [3.05, 3.63) is 36.2 Å². The van der Waals surface area contributed by atoms with Gasteiger partial charge in [-0.3, -0.25) is 5.10 Å². The van der Waals surface area contributed by atoms with Gasteiger partial charge >= 0.3 is 0 Å². The summed E-state index contributed by atoms with van der Waals surface area (Å²) in [5, 5.41) is 15.7. The number of hydrogen-bond donors (Lipinski definition) is 3. The number of aryl methyl sites for hydroxylation is 1. The summed E-state index contributed by atoms with van der Waals surface area (Å²) in [6.07, 6.45) is 1.79. The molecule has 1 atom stereocenters. The minimum Gasteiger partial charge on any atom is -0.492 e. The second-order valence-corrected chi connectivity index (χ2v) is 4.19. The molecule has 0 bridgehead atoms. The van der Waals surface area contributed by atoms with Crippen LogP contribution in [0, 0.1) is 6.92 Å². The van der Waals surface area contributed by atoms with Crippen LogP contribution in [-0.2, 0) is 0 Å². The zero-order valence-corrected chi connectivity index (χ0v) is 10.3. The van der Waals surface area contributed by atoms with Gasteiger partial charge in [-0.15, -0.1) is 0 Å². The molecule has 5 heteroatoms. The number of rotatable bonds is 5. The molecule has 0 saturated carbocycles.